The summed E-state index contributed by atoms with van der Waals surface area (Å²) in [5.74, 6) is 1.96. The van der Waals surface area contributed by atoms with Crippen molar-refractivity contribution in [1.82, 2.24) is 9.97 Å². The topological polar surface area (TPSA) is 59.1 Å². The number of aromatic nitrogens is 2. The van der Waals surface area contributed by atoms with Crippen LogP contribution in [0.25, 0.3) is 0 Å². The van der Waals surface area contributed by atoms with Gasteiger partial charge in [-0.25, -0.2) is 4.98 Å². The molecule has 0 aliphatic rings. The first-order valence-electron chi connectivity index (χ1n) is 6.25. The highest BCUT2D eigenvalue weighted by Crippen LogP contribution is 2.25. The van der Waals surface area contributed by atoms with Crippen molar-refractivity contribution >= 4 is 23.4 Å². The van der Waals surface area contributed by atoms with Crippen LogP contribution in [0.15, 0.2) is 30.5 Å². The van der Waals surface area contributed by atoms with Crippen molar-refractivity contribution in [2.45, 2.75) is 13.0 Å². The summed E-state index contributed by atoms with van der Waals surface area (Å²) in [7, 11) is 3.41. The van der Waals surface area contributed by atoms with Gasteiger partial charge in [0.25, 0.3) is 0 Å². The average Bonchev–Trinajstić information content (AvgIpc) is 2.49. The number of nitrogens with one attached hydrogen (secondary N) is 2. The van der Waals surface area contributed by atoms with Crippen molar-refractivity contribution < 1.29 is 4.74 Å². The number of benzene rings is 1. The predicted molar refractivity (Wildman–Crippen MR) is 81.6 cm³/mol. The van der Waals surface area contributed by atoms with Crippen LogP contribution < -0.4 is 15.4 Å². The highest BCUT2D eigenvalue weighted by molar-refractivity contribution is 6.32. The van der Waals surface area contributed by atoms with Crippen LogP contribution in [0.5, 0.6) is 5.75 Å². The summed E-state index contributed by atoms with van der Waals surface area (Å²) in [6.45, 7) is 2.04. The molecule has 106 valence electrons. The van der Waals surface area contributed by atoms with Gasteiger partial charge in [-0.05, 0) is 24.6 Å². The summed E-state index contributed by atoms with van der Waals surface area (Å²) in [6.07, 6.45) is 1.57. The first-order valence-corrected chi connectivity index (χ1v) is 6.62. The Balaban J connectivity index is 2.15. The summed E-state index contributed by atoms with van der Waals surface area (Å²) in [4.78, 5) is 8.35. The Labute approximate surface area is 123 Å². The number of anilines is 2. The molecule has 0 saturated carbocycles. The standard InChI is InChI=1S/C14H17ClN4O/c1-9(10-4-6-11(20-3)7-5-10)18-13-12(15)8-17-14(16-2)19-13/h4-9H,1-3H3,(H2,16,17,18,19). The zero-order valence-electron chi connectivity index (χ0n) is 11.6. The molecular weight excluding hydrogens is 276 g/mol. The van der Waals surface area contributed by atoms with Gasteiger partial charge in [-0.2, -0.15) is 4.98 Å². The summed E-state index contributed by atoms with van der Waals surface area (Å²) in [5, 5.41) is 6.65. The highest BCUT2D eigenvalue weighted by Gasteiger charge is 2.10. The van der Waals surface area contributed by atoms with E-state index in [9.17, 15) is 0 Å². The van der Waals surface area contributed by atoms with E-state index in [-0.39, 0.29) is 6.04 Å². The van der Waals surface area contributed by atoms with E-state index in [4.69, 9.17) is 16.3 Å². The SMILES string of the molecule is CNc1ncc(Cl)c(NC(C)c2ccc(OC)cc2)n1. The minimum atomic E-state index is 0.0676. The average molecular weight is 293 g/mol. The minimum absolute atomic E-state index is 0.0676. The fourth-order valence-corrected chi connectivity index (χ4v) is 1.92. The van der Waals surface area contributed by atoms with Gasteiger partial charge in [0.1, 0.15) is 10.8 Å². The largest absolute Gasteiger partial charge is 0.497 e. The molecule has 2 rings (SSSR count). The first kappa shape index (κ1) is 14.4. The van der Waals surface area contributed by atoms with Gasteiger partial charge in [0.05, 0.1) is 13.3 Å². The predicted octanol–water partition coefficient (Wildman–Crippen LogP) is 3.35. The highest BCUT2D eigenvalue weighted by atomic mass is 35.5. The van der Waals surface area contributed by atoms with Crippen LogP contribution >= 0.6 is 11.6 Å². The first-order chi connectivity index (χ1) is 9.63. The molecule has 20 heavy (non-hydrogen) atoms. The lowest BCUT2D eigenvalue weighted by Gasteiger charge is -2.16. The summed E-state index contributed by atoms with van der Waals surface area (Å²) < 4.78 is 5.15. The van der Waals surface area contributed by atoms with Crippen LogP contribution in [0.4, 0.5) is 11.8 Å². The van der Waals surface area contributed by atoms with Gasteiger partial charge < -0.3 is 15.4 Å². The molecule has 1 heterocycles. The number of methoxy groups -OCH3 is 1. The molecule has 0 fully saturated rings. The van der Waals surface area contributed by atoms with Crippen molar-refractivity contribution in [3.63, 3.8) is 0 Å². The smallest absolute Gasteiger partial charge is 0.224 e. The molecule has 0 saturated heterocycles. The maximum absolute atomic E-state index is 6.10. The van der Waals surface area contributed by atoms with Crippen molar-refractivity contribution in [1.29, 1.82) is 0 Å². The zero-order chi connectivity index (χ0) is 14.5. The number of hydrogen-bond acceptors (Lipinski definition) is 5. The quantitative estimate of drug-likeness (QED) is 0.885. The van der Waals surface area contributed by atoms with Crippen molar-refractivity contribution in [3.05, 3.63) is 41.0 Å². The van der Waals surface area contributed by atoms with Crippen LogP contribution in [0.3, 0.4) is 0 Å². The van der Waals surface area contributed by atoms with Crippen molar-refractivity contribution in [2.24, 2.45) is 0 Å². The van der Waals surface area contributed by atoms with Gasteiger partial charge in [0, 0.05) is 13.1 Å². The van der Waals surface area contributed by atoms with E-state index in [1.54, 1.807) is 20.4 Å². The fourth-order valence-electron chi connectivity index (χ4n) is 1.77. The maximum atomic E-state index is 6.10. The van der Waals surface area contributed by atoms with Gasteiger partial charge in [0.2, 0.25) is 5.95 Å². The van der Waals surface area contributed by atoms with Crippen molar-refractivity contribution in [2.75, 3.05) is 24.8 Å². The molecule has 0 amide bonds. The Morgan fingerprint density at radius 2 is 1.95 bits per heavy atom. The molecule has 5 nitrogen and oxygen atoms in total. The molecule has 2 aromatic rings. The van der Waals surface area contributed by atoms with E-state index in [1.165, 1.54) is 0 Å². The van der Waals surface area contributed by atoms with Gasteiger partial charge in [0.15, 0.2) is 5.82 Å². The van der Waals surface area contributed by atoms with Gasteiger partial charge in [-0.3, -0.25) is 0 Å². The normalized spacial score (nSPS) is 11.8. The maximum Gasteiger partial charge on any atom is 0.224 e. The van der Waals surface area contributed by atoms with Crippen molar-refractivity contribution in [3.8, 4) is 5.75 Å². The third kappa shape index (κ3) is 3.30. The lowest BCUT2D eigenvalue weighted by atomic mass is 10.1. The third-order valence-corrected chi connectivity index (χ3v) is 3.21. The Morgan fingerprint density at radius 1 is 1.25 bits per heavy atom. The number of ether oxygens (including phenoxy) is 1. The molecule has 1 unspecified atom stereocenters. The molecule has 0 radical (unpaired) electrons. The second-order valence-corrected chi connectivity index (χ2v) is 4.69. The van der Waals surface area contributed by atoms with Crippen LogP contribution in [0.2, 0.25) is 5.02 Å². The van der Waals surface area contributed by atoms with E-state index in [0.29, 0.717) is 16.8 Å². The number of halogens is 1. The van der Waals surface area contributed by atoms with Gasteiger partial charge >= 0.3 is 0 Å². The molecule has 0 aliphatic carbocycles. The molecule has 6 heteroatoms. The van der Waals surface area contributed by atoms with Crippen LogP contribution in [0.1, 0.15) is 18.5 Å². The van der Waals surface area contributed by atoms with E-state index in [0.717, 1.165) is 11.3 Å². The van der Waals surface area contributed by atoms with Gasteiger partial charge in [-0.15, -0.1) is 0 Å². The molecule has 0 aliphatic heterocycles. The molecule has 1 aromatic carbocycles. The zero-order valence-corrected chi connectivity index (χ0v) is 12.4. The second kappa shape index (κ2) is 6.43. The summed E-state index contributed by atoms with van der Waals surface area (Å²) >= 11 is 6.10. The number of nitrogens with zero attached hydrogens (tertiary/aromatic N) is 2. The van der Waals surface area contributed by atoms with Gasteiger partial charge in [-0.1, -0.05) is 23.7 Å². The van der Waals surface area contributed by atoms with E-state index in [1.807, 2.05) is 31.2 Å². The fraction of sp³-hybridized carbons (Fsp3) is 0.286. The Bertz CT molecular complexity index is 574. The molecule has 2 N–H and O–H groups in total. The Hall–Kier alpha value is -2.01. The summed E-state index contributed by atoms with van der Waals surface area (Å²) in [5.41, 5.74) is 1.12. The molecule has 1 atom stereocenters. The lowest BCUT2D eigenvalue weighted by molar-refractivity contribution is 0.414. The summed E-state index contributed by atoms with van der Waals surface area (Å²) in [6, 6.07) is 7.93. The monoisotopic (exact) mass is 292 g/mol. The lowest BCUT2D eigenvalue weighted by Crippen LogP contribution is -2.09. The minimum Gasteiger partial charge on any atom is -0.497 e. The number of hydrogen-bond donors (Lipinski definition) is 2. The molecule has 1 aromatic heterocycles. The second-order valence-electron chi connectivity index (χ2n) is 4.28. The van der Waals surface area contributed by atoms with E-state index < -0.39 is 0 Å². The molecule has 0 spiro atoms. The van der Waals surface area contributed by atoms with E-state index in [2.05, 4.69) is 20.6 Å². The van der Waals surface area contributed by atoms with Crippen LogP contribution in [0, 0.1) is 0 Å². The Kier molecular flexibility index (Phi) is 4.63. The number of rotatable bonds is 5. The molecular formula is C14H17ClN4O. The van der Waals surface area contributed by atoms with Crippen LogP contribution in [-0.2, 0) is 0 Å². The van der Waals surface area contributed by atoms with Crippen LogP contribution in [-0.4, -0.2) is 24.1 Å². The molecule has 0 bridgehead atoms. The third-order valence-electron chi connectivity index (χ3n) is 2.94. The van der Waals surface area contributed by atoms with E-state index >= 15 is 0 Å². The Morgan fingerprint density at radius 3 is 2.55 bits per heavy atom.